The Morgan fingerprint density at radius 2 is 0.423 bits per heavy atom. The second-order valence-electron chi connectivity index (χ2n) is 4.31. The topological polar surface area (TPSA) is 0 Å². The van der Waals surface area contributed by atoms with Crippen LogP contribution in [-0.4, -0.2) is 0 Å². The summed E-state index contributed by atoms with van der Waals surface area (Å²) in [7, 11) is 0. The fourth-order valence-electron chi connectivity index (χ4n) is 1.37. The predicted octanol–water partition coefficient (Wildman–Crippen LogP) is 2.95. The van der Waals surface area contributed by atoms with Gasteiger partial charge in [-0.2, -0.15) is 146 Å². The van der Waals surface area contributed by atoms with Crippen molar-refractivity contribution in [3.63, 3.8) is 0 Å². The van der Waals surface area contributed by atoms with Gasteiger partial charge in [0.1, 0.15) is 0 Å². The van der Waals surface area contributed by atoms with Crippen LogP contribution in [0.2, 0.25) is 0 Å². The quantitative estimate of drug-likeness (QED) is 0.315. The van der Waals surface area contributed by atoms with E-state index in [1.807, 2.05) is 121 Å². The minimum absolute atomic E-state index is 0. The number of benzene rings is 4. The van der Waals surface area contributed by atoms with Crippen molar-refractivity contribution in [1.82, 2.24) is 0 Å². The first-order chi connectivity index (χ1) is 12.0. The molecule has 0 saturated heterocycles. The first-order valence-corrected chi connectivity index (χ1v) is 7.64. The van der Waals surface area contributed by atoms with E-state index in [1.165, 1.54) is 0 Å². The fourth-order valence-corrected chi connectivity index (χ4v) is 1.37. The molecule has 0 aliphatic rings. The van der Waals surface area contributed by atoms with Crippen LogP contribution in [0.5, 0.6) is 0 Å². The Kier molecular flexibility index (Phi) is 22.6. The molecule has 1 radical (unpaired) electrons. The van der Waals surface area contributed by atoms with Gasteiger partial charge in [0.05, 0.1) is 0 Å². The number of halogens is 1. The zero-order chi connectivity index (χ0) is 17.0. The van der Waals surface area contributed by atoms with Gasteiger partial charge in [0.15, 0.2) is 0 Å². The average Bonchev–Trinajstić information content (AvgIpc) is 2.75. The van der Waals surface area contributed by atoms with Crippen molar-refractivity contribution in [3.05, 3.63) is 146 Å². The second kappa shape index (κ2) is 22.7. The fraction of sp³-hybridized carbons (Fsp3) is 0. The van der Waals surface area contributed by atoms with Crippen molar-refractivity contribution in [2.24, 2.45) is 0 Å². The van der Waals surface area contributed by atoms with Gasteiger partial charge in [-0.25, -0.2) is 0 Å². The Balaban J connectivity index is 0. The van der Waals surface area contributed by atoms with E-state index < -0.39 is 0 Å². The van der Waals surface area contributed by atoms with Gasteiger partial charge in [-0.15, -0.1) is 0 Å². The molecule has 0 aliphatic carbocycles. The molecule has 0 N–H and O–H groups in total. The summed E-state index contributed by atoms with van der Waals surface area (Å²) in [5, 5.41) is 0. The van der Waals surface area contributed by atoms with Crippen LogP contribution in [-0.2, 0) is 17.1 Å². The monoisotopic (exact) mass is 398 g/mol. The molecule has 4 aromatic carbocycles. The molecule has 0 fully saturated rings. The maximum Gasteiger partial charge on any atom is 0 e. The molecule has 0 amide bonds. The van der Waals surface area contributed by atoms with Crippen molar-refractivity contribution in [2.45, 2.75) is 0 Å². The van der Waals surface area contributed by atoms with E-state index in [0.717, 1.165) is 0 Å². The molecule has 0 unspecified atom stereocenters. The maximum atomic E-state index is 2.89. The van der Waals surface area contributed by atoms with E-state index in [2.05, 4.69) is 24.3 Å². The summed E-state index contributed by atoms with van der Waals surface area (Å²) in [4.78, 5) is 0. The summed E-state index contributed by atoms with van der Waals surface area (Å²) in [5.41, 5.74) is 0. The van der Waals surface area contributed by atoms with Gasteiger partial charge in [0.25, 0.3) is 0 Å². The largest absolute Gasteiger partial charge is 1.00 e. The van der Waals surface area contributed by atoms with Crippen LogP contribution >= 0.6 is 0 Å². The Bertz CT molecular complexity index is 426. The average molecular weight is 399 g/mol. The third-order valence-corrected chi connectivity index (χ3v) is 2.43. The molecule has 4 rings (SSSR count). The minimum Gasteiger partial charge on any atom is -1.00 e. The summed E-state index contributed by atoms with van der Waals surface area (Å²) in [6.07, 6.45) is 0. The van der Waals surface area contributed by atoms with Gasteiger partial charge in [0, 0.05) is 17.1 Å². The summed E-state index contributed by atoms with van der Waals surface area (Å²) in [5.74, 6) is 0. The first-order valence-electron chi connectivity index (χ1n) is 7.64. The van der Waals surface area contributed by atoms with Crippen LogP contribution in [0.15, 0.2) is 121 Å². The molecule has 2 heteroatoms. The van der Waals surface area contributed by atoms with E-state index >= 15 is 0 Å². The van der Waals surface area contributed by atoms with Crippen LogP contribution < -0.4 is 12.4 Å². The second-order valence-corrected chi connectivity index (χ2v) is 4.31. The molecule has 0 aromatic heterocycles. The molecule has 26 heavy (non-hydrogen) atoms. The first kappa shape index (κ1) is 25.9. The van der Waals surface area contributed by atoms with Crippen LogP contribution in [0.3, 0.4) is 0 Å². The summed E-state index contributed by atoms with van der Waals surface area (Å²) >= 11 is 0. The molecule has 4 aromatic rings. The standard InChI is InChI=1S/4C6H5.ClH.Mn/c4*1-2-4-6-5-3-1;;/h4*1-5H;1H;/q4*-1;;/p-1. The van der Waals surface area contributed by atoms with Gasteiger partial charge >= 0.3 is 0 Å². The van der Waals surface area contributed by atoms with Crippen molar-refractivity contribution in [1.29, 1.82) is 0 Å². The van der Waals surface area contributed by atoms with E-state index in [9.17, 15) is 0 Å². The Morgan fingerprint density at radius 1 is 0.269 bits per heavy atom. The molecule has 0 aliphatic heterocycles. The number of hydrogen-bond acceptors (Lipinski definition) is 0. The SMILES string of the molecule is [Cl-].[Mn].[c-]1ccccc1.[c-]1ccccc1.[c-]1ccccc1.[c-]1ccccc1. The van der Waals surface area contributed by atoms with E-state index in [-0.39, 0.29) is 29.5 Å². The normalized spacial score (nSPS) is 7.38. The number of rotatable bonds is 0. The molecule has 0 heterocycles. The molecule has 0 nitrogen and oxygen atoms in total. The van der Waals surface area contributed by atoms with Gasteiger partial charge in [-0.1, -0.05) is 0 Å². The molecular weight excluding hydrogens is 379 g/mol. The molecule has 135 valence electrons. The van der Waals surface area contributed by atoms with Crippen LogP contribution in [0.25, 0.3) is 0 Å². The van der Waals surface area contributed by atoms with E-state index in [1.54, 1.807) is 0 Å². The third kappa shape index (κ3) is 19.7. The predicted molar refractivity (Wildman–Crippen MR) is 101 cm³/mol. The minimum atomic E-state index is 0. The zero-order valence-corrected chi connectivity index (χ0v) is 16.2. The third-order valence-electron chi connectivity index (χ3n) is 2.43. The smallest absolute Gasteiger partial charge is 0 e. The number of hydrogen-bond donors (Lipinski definition) is 0. The zero-order valence-electron chi connectivity index (χ0n) is 14.3. The Morgan fingerprint density at radius 3 is 0.462 bits per heavy atom. The molecule has 0 spiro atoms. The van der Waals surface area contributed by atoms with E-state index in [0.29, 0.717) is 0 Å². The Hall–Kier alpha value is -2.31. The van der Waals surface area contributed by atoms with E-state index in [4.69, 9.17) is 0 Å². The summed E-state index contributed by atoms with van der Waals surface area (Å²) in [6.45, 7) is 0. The maximum absolute atomic E-state index is 2.89. The van der Waals surface area contributed by atoms with Crippen molar-refractivity contribution in [3.8, 4) is 0 Å². The molecular formula is C24H20ClMn-5. The molecule has 0 bridgehead atoms. The van der Waals surface area contributed by atoms with Crippen molar-refractivity contribution < 1.29 is 29.5 Å². The van der Waals surface area contributed by atoms with Crippen LogP contribution in [0.4, 0.5) is 0 Å². The molecule has 0 atom stereocenters. The summed E-state index contributed by atoms with van der Waals surface area (Å²) in [6, 6.07) is 50.0. The van der Waals surface area contributed by atoms with Crippen LogP contribution in [0.1, 0.15) is 0 Å². The van der Waals surface area contributed by atoms with Gasteiger partial charge < -0.3 is 12.4 Å². The summed E-state index contributed by atoms with van der Waals surface area (Å²) < 4.78 is 0. The van der Waals surface area contributed by atoms with Crippen molar-refractivity contribution >= 4 is 0 Å². The van der Waals surface area contributed by atoms with Crippen LogP contribution in [0, 0.1) is 24.3 Å². The van der Waals surface area contributed by atoms with Crippen molar-refractivity contribution in [2.75, 3.05) is 0 Å². The van der Waals surface area contributed by atoms with Gasteiger partial charge in [-0.3, -0.25) is 0 Å². The molecule has 0 saturated carbocycles. The van der Waals surface area contributed by atoms with Gasteiger partial charge in [0.2, 0.25) is 0 Å². The Labute approximate surface area is 174 Å². The van der Waals surface area contributed by atoms with Gasteiger partial charge in [-0.05, 0) is 0 Å².